The minimum absolute atomic E-state index is 0.215. The maximum atomic E-state index is 12.2. The number of allylic oxidation sites excluding steroid dienone is 1. The summed E-state index contributed by atoms with van der Waals surface area (Å²) < 4.78 is 15.9. The molecule has 3 atom stereocenters. The third kappa shape index (κ3) is 3.06. The van der Waals surface area contributed by atoms with E-state index in [0.717, 1.165) is 12.8 Å². The molecule has 124 valence electrons. The summed E-state index contributed by atoms with van der Waals surface area (Å²) in [5.41, 5.74) is 0.593. The lowest BCUT2D eigenvalue weighted by atomic mass is 10.0. The molecule has 1 aromatic carbocycles. The number of carbonyl (C=O) groups is 1. The highest BCUT2D eigenvalue weighted by Crippen LogP contribution is 2.40. The number of carbonyl (C=O) groups excluding carboxylic acids is 1. The summed E-state index contributed by atoms with van der Waals surface area (Å²) in [6, 6.07) is 3.42. The third-order valence-electron chi connectivity index (χ3n) is 4.52. The van der Waals surface area contributed by atoms with Crippen molar-refractivity contribution >= 4 is 11.7 Å². The van der Waals surface area contributed by atoms with Gasteiger partial charge in [-0.1, -0.05) is 12.2 Å². The van der Waals surface area contributed by atoms with Crippen LogP contribution in [0, 0.1) is 11.8 Å². The molecule has 3 unspecified atom stereocenters. The highest BCUT2D eigenvalue weighted by molar-refractivity contribution is 5.90. The van der Waals surface area contributed by atoms with Gasteiger partial charge < -0.3 is 24.8 Å². The van der Waals surface area contributed by atoms with E-state index in [1.807, 2.05) is 0 Å². The molecule has 2 bridgehead atoms. The second-order valence-corrected chi connectivity index (χ2v) is 5.90. The minimum atomic E-state index is -0.217. The number of fused-ring (bicyclic) bond motifs is 2. The molecule has 0 saturated heterocycles. The molecular formula is C17H22N2O4. The topological polar surface area (TPSA) is 68.8 Å². The van der Waals surface area contributed by atoms with Crippen molar-refractivity contribution in [2.45, 2.75) is 18.9 Å². The Morgan fingerprint density at radius 3 is 2.22 bits per heavy atom. The first kappa shape index (κ1) is 15.5. The van der Waals surface area contributed by atoms with Crippen LogP contribution in [0.15, 0.2) is 24.3 Å². The molecule has 0 aromatic heterocycles. The van der Waals surface area contributed by atoms with Gasteiger partial charge in [0, 0.05) is 18.2 Å². The summed E-state index contributed by atoms with van der Waals surface area (Å²) in [4.78, 5) is 12.2. The second kappa shape index (κ2) is 6.40. The number of benzene rings is 1. The minimum Gasteiger partial charge on any atom is -0.493 e. The molecule has 23 heavy (non-hydrogen) atoms. The van der Waals surface area contributed by atoms with Crippen LogP contribution in [-0.2, 0) is 0 Å². The molecule has 1 fully saturated rings. The molecule has 0 radical (unpaired) electrons. The highest BCUT2D eigenvalue weighted by Gasteiger charge is 2.36. The summed E-state index contributed by atoms with van der Waals surface area (Å²) in [6.07, 6.45) is 6.62. The Morgan fingerprint density at radius 2 is 1.74 bits per heavy atom. The largest absolute Gasteiger partial charge is 0.493 e. The summed E-state index contributed by atoms with van der Waals surface area (Å²) in [7, 11) is 4.63. The zero-order chi connectivity index (χ0) is 16.4. The lowest BCUT2D eigenvalue weighted by Crippen LogP contribution is -2.40. The zero-order valence-corrected chi connectivity index (χ0v) is 13.6. The first-order valence-corrected chi connectivity index (χ1v) is 7.70. The average Bonchev–Trinajstić information content (AvgIpc) is 3.16. The van der Waals surface area contributed by atoms with E-state index in [2.05, 4.69) is 22.8 Å². The lowest BCUT2D eigenvalue weighted by Gasteiger charge is -2.20. The van der Waals surface area contributed by atoms with Crippen molar-refractivity contribution in [1.29, 1.82) is 0 Å². The van der Waals surface area contributed by atoms with E-state index in [0.29, 0.717) is 34.8 Å². The quantitative estimate of drug-likeness (QED) is 0.819. The van der Waals surface area contributed by atoms with Crippen LogP contribution in [0.25, 0.3) is 0 Å². The highest BCUT2D eigenvalue weighted by atomic mass is 16.5. The number of nitrogens with one attached hydrogen (secondary N) is 2. The van der Waals surface area contributed by atoms with Crippen LogP contribution in [0.5, 0.6) is 17.2 Å². The summed E-state index contributed by atoms with van der Waals surface area (Å²) >= 11 is 0. The van der Waals surface area contributed by atoms with Gasteiger partial charge in [-0.2, -0.15) is 0 Å². The number of amides is 2. The van der Waals surface area contributed by atoms with Crippen LogP contribution in [-0.4, -0.2) is 33.4 Å². The Labute approximate surface area is 135 Å². The standard InChI is InChI=1S/C17H22N2O4/c1-21-14-8-12(9-15(22-2)16(14)23-3)18-17(20)19-13-7-10-4-5-11(13)6-10/h4-5,8-11,13H,6-7H2,1-3H3,(H2,18,19,20). The predicted molar refractivity (Wildman–Crippen MR) is 87.4 cm³/mol. The van der Waals surface area contributed by atoms with E-state index >= 15 is 0 Å². The predicted octanol–water partition coefficient (Wildman–Crippen LogP) is 2.80. The fraction of sp³-hybridized carbons (Fsp3) is 0.471. The van der Waals surface area contributed by atoms with Crippen LogP contribution < -0.4 is 24.8 Å². The molecule has 2 aliphatic rings. The molecule has 6 nitrogen and oxygen atoms in total. The Kier molecular flexibility index (Phi) is 4.32. The third-order valence-corrected chi connectivity index (χ3v) is 4.52. The number of hydrogen-bond acceptors (Lipinski definition) is 4. The molecule has 2 aliphatic carbocycles. The fourth-order valence-corrected chi connectivity index (χ4v) is 3.44. The van der Waals surface area contributed by atoms with Crippen LogP contribution in [0.3, 0.4) is 0 Å². The smallest absolute Gasteiger partial charge is 0.319 e. The van der Waals surface area contributed by atoms with E-state index in [1.54, 1.807) is 33.5 Å². The van der Waals surface area contributed by atoms with E-state index in [1.165, 1.54) is 0 Å². The molecule has 2 amide bonds. The maximum Gasteiger partial charge on any atom is 0.319 e. The van der Waals surface area contributed by atoms with Gasteiger partial charge in [-0.25, -0.2) is 4.79 Å². The summed E-state index contributed by atoms with van der Waals surface area (Å²) in [5, 5.41) is 5.89. The molecule has 0 aliphatic heterocycles. The Hall–Kier alpha value is -2.37. The van der Waals surface area contributed by atoms with Gasteiger partial charge in [0.15, 0.2) is 11.5 Å². The number of ether oxygens (including phenoxy) is 3. The summed E-state index contributed by atoms with van der Waals surface area (Å²) in [5.74, 6) is 2.59. The van der Waals surface area contributed by atoms with E-state index < -0.39 is 0 Å². The molecule has 3 rings (SSSR count). The lowest BCUT2D eigenvalue weighted by molar-refractivity contribution is 0.246. The van der Waals surface area contributed by atoms with Crippen molar-refractivity contribution in [1.82, 2.24) is 5.32 Å². The first-order valence-electron chi connectivity index (χ1n) is 7.70. The molecule has 1 aromatic rings. The van der Waals surface area contributed by atoms with Crippen molar-refractivity contribution < 1.29 is 19.0 Å². The van der Waals surface area contributed by atoms with Crippen molar-refractivity contribution in [2.24, 2.45) is 11.8 Å². The van der Waals surface area contributed by atoms with Gasteiger partial charge in [0.25, 0.3) is 0 Å². The van der Waals surface area contributed by atoms with Crippen molar-refractivity contribution in [3.05, 3.63) is 24.3 Å². The van der Waals surface area contributed by atoms with Gasteiger partial charge in [-0.3, -0.25) is 0 Å². The number of methoxy groups -OCH3 is 3. The number of urea groups is 1. The van der Waals surface area contributed by atoms with Crippen molar-refractivity contribution in [3.63, 3.8) is 0 Å². The number of hydrogen-bond donors (Lipinski definition) is 2. The van der Waals surface area contributed by atoms with Crippen molar-refractivity contribution in [3.8, 4) is 17.2 Å². The second-order valence-electron chi connectivity index (χ2n) is 5.90. The van der Waals surface area contributed by atoms with E-state index in [9.17, 15) is 4.79 Å². The first-order chi connectivity index (χ1) is 11.1. The van der Waals surface area contributed by atoms with Crippen molar-refractivity contribution in [2.75, 3.05) is 26.6 Å². The summed E-state index contributed by atoms with van der Waals surface area (Å²) in [6.45, 7) is 0. The van der Waals surface area contributed by atoms with Crippen LogP contribution in [0.1, 0.15) is 12.8 Å². The van der Waals surface area contributed by atoms with Crippen LogP contribution >= 0.6 is 0 Å². The maximum absolute atomic E-state index is 12.2. The SMILES string of the molecule is COc1cc(NC(=O)NC2CC3C=CC2C3)cc(OC)c1OC. The van der Waals surface area contributed by atoms with Gasteiger partial charge in [-0.15, -0.1) is 0 Å². The number of rotatable bonds is 5. The van der Waals surface area contributed by atoms with Gasteiger partial charge in [-0.05, 0) is 24.7 Å². The molecule has 6 heteroatoms. The Balaban J connectivity index is 1.69. The van der Waals surface area contributed by atoms with Crippen LogP contribution in [0.2, 0.25) is 0 Å². The molecule has 0 spiro atoms. The Bertz CT molecular complexity index is 604. The molecule has 2 N–H and O–H groups in total. The van der Waals surface area contributed by atoms with E-state index in [-0.39, 0.29) is 12.1 Å². The van der Waals surface area contributed by atoms with E-state index in [4.69, 9.17) is 14.2 Å². The van der Waals surface area contributed by atoms with Gasteiger partial charge in [0.2, 0.25) is 5.75 Å². The Morgan fingerprint density at radius 1 is 1.04 bits per heavy atom. The van der Waals surface area contributed by atoms with Gasteiger partial charge in [0.05, 0.1) is 27.0 Å². The number of anilines is 1. The van der Waals surface area contributed by atoms with Gasteiger partial charge in [0.1, 0.15) is 0 Å². The fourth-order valence-electron chi connectivity index (χ4n) is 3.44. The monoisotopic (exact) mass is 318 g/mol. The molecular weight excluding hydrogens is 296 g/mol. The van der Waals surface area contributed by atoms with Gasteiger partial charge >= 0.3 is 6.03 Å². The van der Waals surface area contributed by atoms with Crippen LogP contribution in [0.4, 0.5) is 10.5 Å². The average molecular weight is 318 g/mol. The normalized spacial score (nSPS) is 24.4. The molecule has 1 saturated carbocycles. The molecule has 0 heterocycles. The zero-order valence-electron chi connectivity index (χ0n) is 13.6.